The summed E-state index contributed by atoms with van der Waals surface area (Å²) in [7, 11) is -2.17. The lowest BCUT2D eigenvalue weighted by Gasteiger charge is -2.10. The van der Waals surface area contributed by atoms with Crippen LogP contribution in [0, 0.1) is 0 Å². The Kier molecular flexibility index (Phi) is 4.55. The van der Waals surface area contributed by atoms with Gasteiger partial charge in [-0.15, -0.1) is 0 Å². The number of nitrogens with two attached hydrogens (primary N) is 1. The van der Waals surface area contributed by atoms with Crippen LogP contribution >= 0.6 is 23.8 Å². The molecule has 94 valence electrons. The van der Waals surface area contributed by atoms with Crippen LogP contribution in [0.25, 0.3) is 0 Å². The van der Waals surface area contributed by atoms with Gasteiger partial charge in [0.15, 0.2) is 0 Å². The molecule has 17 heavy (non-hydrogen) atoms. The van der Waals surface area contributed by atoms with Gasteiger partial charge in [-0.3, -0.25) is 4.72 Å². The number of sulfonamides is 1. The number of hydrogen-bond donors (Lipinski definition) is 2. The fourth-order valence-electron chi connectivity index (χ4n) is 1.10. The van der Waals surface area contributed by atoms with Crippen molar-refractivity contribution in [2.75, 3.05) is 17.6 Å². The number of anilines is 1. The standard InChI is InChI=1S/C9H11ClN2O3S2/c1-15-6-2-3-7(10)8(4-6)12-17(13,14)5-9(11)16/h2-4,12H,5H2,1H3,(H2,11,16). The molecule has 1 aromatic rings. The van der Waals surface area contributed by atoms with Crippen LogP contribution in [-0.4, -0.2) is 26.3 Å². The van der Waals surface area contributed by atoms with Crippen LogP contribution in [0.2, 0.25) is 5.02 Å². The van der Waals surface area contributed by atoms with Crippen LogP contribution < -0.4 is 15.2 Å². The summed E-state index contributed by atoms with van der Waals surface area (Å²) in [6, 6.07) is 4.62. The molecule has 8 heteroatoms. The van der Waals surface area contributed by atoms with Gasteiger partial charge in [0.05, 0.1) is 22.8 Å². The van der Waals surface area contributed by atoms with E-state index in [1.54, 1.807) is 6.07 Å². The molecular weight excluding hydrogens is 284 g/mol. The van der Waals surface area contributed by atoms with E-state index in [1.165, 1.54) is 19.2 Å². The van der Waals surface area contributed by atoms with Crippen molar-refractivity contribution >= 4 is 44.5 Å². The van der Waals surface area contributed by atoms with Crippen molar-refractivity contribution in [3.63, 3.8) is 0 Å². The van der Waals surface area contributed by atoms with Crippen molar-refractivity contribution in [3.05, 3.63) is 23.2 Å². The van der Waals surface area contributed by atoms with Crippen molar-refractivity contribution in [1.29, 1.82) is 0 Å². The second-order valence-corrected chi connectivity index (χ2v) is 5.83. The molecule has 0 amide bonds. The number of hydrogen-bond acceptors (Lipinski definition) is 4. The summed E-state index contributed by atoms with van der Waals surface area (Å²) >= 11 is 10.4. The van der Waals surface area contributed by atoms with E-state index in [0.717, 1.165) is 0 Å². The zero-order chi connectivity index (χ0) is 13.1. The second-order valence-electron chi connectivity index (χ2n) is 3.17. The Labute approximate surface area is 110 Å². The minimum absolute atomic E-state index is 0.114. The molecule has 0 spiro atoms. The summed E-state index contributed by atoms with van der Waals surface area (Å²) in [4.78, 5) is -0.114. The van der Waals surface area contributed by atoms with Crippen LogP contribution in [-0.2, 0) is 10.0 Å². The predicted octanol–water partition coefficient (Wildman–Crippen LogP) is 1.38. The highest BCUT2D eigenvalue weighted by atomic mass is 35.5. The predicted molar refractivity (Wildman–Crippen MR) is 72.2 cm³/mol. The van der Waals surface area contributed by atoms with Gasteiger partial charge in [-0.1, -0.05) is 23.8 Å². The third-order valence-corrected chi connectivity index (χ3v) is 3.65. The maximum absolute atomic E-state index is 11.6. The van der Waals surface area contributed by atoms with E-state index in [1.807, 2.05) is 0 Å². The maximum Gasteiger partial charge on any atom is 0.239 e. The van der Waals surface area contributed by atoms with Crippen LogP contribution in [0.3, 0.4) is 0 Å². The molecule has 1 aromatic carbocycles. The molecule has 0 heterocycles. The van der Waals surface area contributed by atoms with Gasteiger partial charge < -0.3 is 10.5 Å². The molecule has 0 aliphatic carbocycles. The zero-order valence-corrected chi connectivity index (χ0v) is 11.3. The Morgan fingerprint density at radius 2 is 2.24 bits per heavy atom. The molecule has 0 saturated heterocycles. The molecule has 0 fully saturated rings. The molecule has 0 bridgehead atoms. The Morgan fingerprint density at radius 1 is 1.59 bits per heavy atom. The maximum atomic E-state index is 11.6. The molecular formula is C9H11ClN2O3S2. The van der Waals surface area contributed by atoms with Crippen LogP contribution in [0.15, 0.2) is 18.2 Å². The van der Waals surface area contributed by atoms with Crippen molar-refractivity contribution in [2.45, 2.75) is 0 Å². The first kappa shape index (κ1) is 14.0. The molecule has 0 atom stereocenters. The second kappa shape index (κ2) is 5.52. The molecule has 3 N–H and O–H groups in total. The molecule has 0 aromatic heterocycles. The third kappa shape index (κ3) is 4.37. The monoisotopic (exact) mass is 294 g/mol. The lowest BCUT2D eigenvalue weighted by Crippen LogP contribution is -2.26. The fraction of sp³-hybridized carbons (Fsp3) is 0.222. The van der Waals surface area contributed by atoms with Gasteiger partial charge in [-0.25, -0.2) is 8.42 Å². The van der Waals surface area contributed by atoms with Gasteiger partial charge in [0.1, 0.15) is 11.5 Å². The summed E-state index contributed by atoms with van der Waals surface area (Å²) in [5.41, 5.74) is 5.41. The molecule has 0 radical (unpaired) electrons. The Bertz CT molecular complexity index is 531. The molecule has 0 aliphatic rings. The van der Waals surface area contributed by atoms with E-state index in [4.69, 9.17) is 22.1 Å². The van der Waals surface area contributed by atoms with Crippen molar-refractivity contribution in [3.8, 4) is 5.75 Å². The number of thiocarbonyl (C=S) groups is 1. The van der Waals surface area contributed by atoms with E-state index in [9.17, 15) is 8.42 Å². The van der Waals surface area contributed by atoms with Crippen LogP contribution in [0.1, 0.15) is 0 Å². The van der Waals surface area contributed by atoms with Gasteiger partial charge in [0.25, 0.3) is 0 Å². The highest BCUT2D eigenvalue weighted by Gasteiger charge is 2.14. The average molecular weight is 295 g/mol. The van der Waals surface area contributed by atoms with Gasteiger partial charge in [0, 0.05) is 6.07 Å². The highest BCUT2D eigenvalue weighted by Crippen LogP contribution is 2.27. The van der Waals surface area contributed by atoms with Gasteiger partial charge >= 0.3 is 0 Å². The fourth-order valence-corrected chi connectivity index (χ4v) is 2.74. The molecule has 5 nitrogen and oxygen atoms in total. The number of nitrogens with one attached hydrogen (secondary N) is 1. The van der Waals surface area contributed by atoms with Crippen LogP contribution in [0.4, 0.5) is 5.69 Å². The molecule has 1 rings (SSSR count). The third-order valence-electron chi connectivity index (χ3n) is 1.77. The summed E-state index contributed by atoms with van der Waals surface area (Å²) in [6.07, 6.45) is 0. The zero-order valence-electron chi connectivity index (χ0n) is 8.94. The van der Waals surface area contributed by atoms with Crippen molar-refractivity contribution in [1.82, 2.24) is 0 Å². The smallest absolute Gasteiger partial charge is 0.239 e. The quantitative estimate of drug-likeness (QED) is 0.802. The van der Waals surface area contributed by atoms with E-state index in [-0.39, 0.29) is 15.7 Å². The number of rotatable bonds is 5. The number of halogens is 1. The highest BCUT2D eigenvalue weighted by molar-refractivity contribution is 7.95. The van der Waals surface area contributed by atoms with E-state index in [2.05, 4.69) is 16.9 Å². The lowest BCUT2D eigenvalue weighted by molar-refractivity contribution is 0.415. The van der Waals surface area contributed by atoms with E-state index < -0.39 is 15.8 Å². The minimum atomic E-state index is -3.64. The average Bonchev–Trinajstić information content (AvgIpc) is 2.19. The normalized spacial score (nSPS) is 10.9. The van der Waals surface area contributed by atoms with Gasteiger partial charge in [-0.2, -0.15) is 0 Å². The first-order valence-corrected chi connectivity index (χ1v) is 6.90. The van der Waals surface area contributed by atoms with Gasteiger partial charge in [0.2, 0.25) is 10.0 Å². The summed E-state index contributed by atoms with van der Waals surface area (Å²) < 4.78 is 30.4. The topological polar surface area (TPSA) is 81.4 Å². The van der Waals surface area contributed by atoms with Crippen molar-refractivity contribution in [2.24, 2.45) is 5.73 Å². The lowest BCUT2D eigenvalue weighted by atomic mass is 10.3. The molecule has 0 saturated carbocycles. The van der Waals surface area contributed by atoms with Crippen LogP contribution in [0.5, 0.6) is 5.75 Å². The summed E-state index contributed by atoms with van der Waals surface area (Å²) in [5.74, 6) is 0.0537. The number of benzene rings is 1. The number of methoxy groups -OCH3 is 1. The Morgan fingerprint density at radius 3 is 2.76 bits per heavy atom. The summed E-state index contributed by atoms with van der Waals surface area (Å²) in [6.45, 7) is 0. The Balaban J connectivity index is 2.98. The number of ether oxygens (including phenoxy) is 1. The first-order valence-electron chi connectivity index (χ1n) is 4.46. The van der Waals surface area contributed by atoms with Gasteiger partial charge in [-0.05, 0) is 12.1 Å². The van der Waals surface area contributed by atoms with E-state index >= 15 is 0 Å². The Hall–Kier alpha value is -1.05. The SMILES string of the molecule is COc1ccc(Cl)c(NS(=O)(=O)CC(N)=S)c1. The summed E-state index contributed by atoms with van der Waals surface area (Å²) in [5, 5.41) is 0.261. The largest absolute Gasteiger partial charge is 0.497 e. The first-order chi connectivity index (χ1) is 7.84. The van der Waals surface area contributed by atoms with E-state index in [0.29, 0.717) is 5.75 Å². The molecule has 0 unspecified atom stereocenters. The van der Waals surface area contributed by atoms with Crippen molar-refractivity contribution < 1.29 is 13.2 Å². The molecule has 0 aliphatic heterocycles. The minimum Gasteiger partial charge on any atom is -0.497 e.